The highest BCUT2D eigenvalue weighted by atomic mass is 16.5. The van der Waals surface area contributed by atoms with Gasteiger partial charge < -0.3 is 16.2 Å². The second kappa shape index (κ2) is 3.45. The van der Waals surface area contributed by atoms with Gasteiger partial charge in [0.1, 0.15) is 5.75 Å². The molecule has 0 aliphatic heterocycles. The van der Waals surface area contributed by atoms with Gasteiger partial charge in [-0.25, -0.2) is 0 Å². The lowest BCUT2D eigenvalue weighted by Crippen LogP contribution is -2.05. The van der Waals surface area contributed by atoms with Gasteiger partial charge in [0.2, 0.25) is 0 Å². The molecule has 12 heavy (non-hydrogen) atoms. The smallest absolute Gasteiger partial charge is 0.142 e. The van der Waals surface area contributed by atoms with Crippen molar-refractivity contribution in [3.05, 3.63) is 23.8 Å². The van der Waals surface area contributed by atoms with E-state index in [1.807, 2.05) is 19.1 Å². The second-order valence-corrected chi connectivity index (χ2v) is 2.79. The third-order valence-corrected chi connectivity index (χ3v) is 1.78. The normalized spacial score (nSPS) is 12.6. The first-order chi connectivity index (χ1) is 5.65. The Balaban J connectivity index is 3.05. The van der Waals surface area contributed by atoms with Crippen LogP contribution >= 0.6 is 0 Å². The van der Waals surface area contributed by atoms with Crippen molar-refractivity contribution in [3.8, 4) is 5.75 Å². The molecule has 0 aliphatic rings. The van der Waals surface area contributed by atoms with Crippen molar-refractivity contribution in [1.29, 1.82) is 0 Å². The minimum atomic E-state index is 0.0134. The van der Waals surface area contributed by atoms with Gasteiger partial charge in [-0.05, 0) is 24.6 Å². The summed E-state index contributed by atoms with van der Waals surface area (Å²) in [6.45, 7) is 1.92. The van der Waals surface area contributed by atoms with Crippen molar-refractivity contribution >= 4 is 5.69 Å². The molecule has 0 spiro atoms. The SMILES string of the molecule is COc1cc([C@H](C)N)ccc1N. The van der Waals surface area contributed by atoms with Crippen LogP contribution in [-0.2, 0) is 0 Å². The Morgan fingerprint density at radius 1 is 1.42 bits per heavy atom. The third-order valence-electron chi connectivity index (χ3n) is 1.78. The van der Waals surface area contributed by atoms with Gasteiger partial charge in [0.05, 0.1) is 12.8 Å². The summed E-state index contributed by atoms with van der Waals surface area (Å²) in [6.07, 6.45) is 0. The van der Waals surface area contributed by atoms with E-state index in [9.17, 15) is 0 Å². The molecule has 4 N–H and O–H groups in total. The zero-order chi connectivity index (χ0) is 9.14. The number of ether oxygens (including phenoxy) is 1. The van der Waals surface area contributed by atoms with Crippen LogP contribution in [-0.4, -0.2) is 7.11 Å². The molecule has 0 saturated carbocycles. The largest absolute Gasteiger partial charge is 0.495 e. The average molecular weight is 166 g/mol. The quantitative estimate of drug-likeness (QED) is 0.651. The molecule has 3 heteroatoms. The highest BCUT2D eigenvalue weighted by Crippen LogP contribution is 2.24. The molecule has 0 aliphatic carbocycles. The lowest BCUT2D eigenvalue weighted by molar-refractivity contribution is 0.416. The number of hydrogen-bond donors (Lipinski definition) is 2. The van der Waals surface area contributed by atoms with E-state index in [-0.39, 0.29) is 6.04 Å². The van der Waals surface area contributed by atoms with E-state index >= 15 is 0 Å². The fourth-order valence-corrected chi connectivity index (χ4v) is 1.01. The molecule has 0 fully saturated rings. The molecule has 0 unspecified atom stereocenters. The first kappa shape index (κ1) is 8.87. The van der Waals surface area contributed by atoms with Crippen molar-refractivity contribution in [2.45, 2.75) is 13.0 Å². The molecule has 0 heterocycles. The molecule has 3 nitrogen and oxygen atoms in total. The lowest BCUT2D eigenvalue weighted by atomic mass is 10.1. The Bertz CT molecular complexity index is 271. The minimum Gasteiger partial charge on any atom is -0.495 e. The Kier molecular flexibility index (Phi) is 2.55. The summed E-state index contributed by atoms with van der Waals surface area (Å²) in [7, 11) is 1.59. The summed E-state index contributed by atoms with van der Waals surface area (Å²) < 4.78 is 5.06. The molecule has 0 amide bonds. The minimum absolute atomic E-state index is 0.0134. The van der Waals surface area contributed by atoms with Gasteiger partial charge in [0.25, 0.3) is 0 Å². The van der Waals surface area contributed by atoms with E-state index in [4.69, 9.17) is 16.2 Å². The summed E-state index contributed by atoms with van der Waals surface area (Å²) in [4.78, 5) is 0. The van der Waals surface area contributed by atoms with Crippen LogP contribution in [0.15, 0.2) is 18.2 Å². The van der Waals surface area contributed by atoms with Gasteiger partial charge in [0.15, 0.2) is 0 Å². The van der Waals surface area contributed by atoms with E-state index in [0.29, 0.717) is 11.4 Å². The standard InChI is InChI=1S/C9H14N2O/c1-6(10)7-3-4-8(11)9(5-7)12-2/h3-6H,10-11H2,1-2H3/t6-/m0/s1. The number of nitrogen functional groups attached to an aromatic ring is 1. The van der Waals surface area contributed by atoms with Crippen molar-refractivity contribution in [1.82, 2.24) is 0 Å². The van der Waals surface area contributed by atoms with Gasteiger partial charge in [-0.1, -0.05) is 6.07 Å². The summed E-state index contributed by atoms with van der Waals surface area (Å²) in [5, 5.41) is 0. The fourth-order valence-electron chi connectivity index (χ4n) is 1.01. The highest BCUT2D eigenvalue weighted by Gasteiger charge is 2.03. The van der Waals surface area contributed by atoms with Crippen LogP contribution in [0.3, 0.4) is 0 Å². The van der Waals surface area contributed by atoms with E-state index in [1.165, 1.54) is 0 Å². The van der Waals surface area contributed by atoms with Crippen LogP contribution in [0.5, 0.6) is 5.75 Å². The summed E-state index contributed by atoms with van der Waals surface area (Å²) in [5.74, 6) is 0.685. The summed E-state index contributed by atoms with van der Waals surface area (Å²) >= 11 is 0. The van der Waals surface area contributed by atoms with Crippen LogP contribution < -0.4 is 16.2 Å². The average Bonchev–Trinajstić information content (AvgIpc) is 2.05. The molecule has 1 aromatic rings. The Morgan fingerprint density at radius 3 is 2.58 bits per heavy atom. The van der Waals surface area contributed by atoms with Crippen LogP contribution in [0.4, 0.5) is 5.69 Å². The van der Waals surface area contributed by atoms with Crippen LogP contribution in [0, 0.1) is 0 Å². The molecule has 1 rings (SSSR count). The molecule has 0 aromatic heterocycles. The zero-order valence-electron chi connectivity index (χ0n) is 7.37. The van der Waals surface area contributed by atoms with Crippen molar-refractivity contribution in [3.63, 3.8) is 0 Å². The van der Waals surface area contributed by atoms with Gasteiger partial charge in [-0.3, -0.25) is 0 Å². The van der Waals surface area contributed by atoms with Gasteiger partial charge in [-0.15, -0.1) is 0 Å². The Morgan fingerprint density at radius 2 is 2.08 bits per heavy atom. The molecule has 1 aromatic carbocycles. The van der Waals surface area contributed by atoms with E-state index in [2.05, 4.69) is 0 Å². The highest BCUT2D eigenvalue weighted by molar-refractivity contribution is 5.54. The van der Waals surface area contributed by atoms with E-state index in [1.54, 1.807) is 13.2 Å². The number of anilines is 1. The lowest BCUT2D eigenvalue weighted by Gasteiger charge is -2.09. The number of nitrogens with two attached hydrogens (primary N) is 2. The summed E-state index contributed by atoms with van der Waals surface area (Å²) in [6, 6.07) is 5.58. The first-order valence-electron chi connectivity index (χ1n) is 3.84. The Labute approximate surface area is 72.3 Å². The first-order valence-corrected chi connectivity index (χ1v) is 3.84. The van der Waals surface area contributed by atoms with Crippen molar-refractivity contribution in [2.24, 2.45) is 5.73 Å². The molecular formula is C9H14N2O. The van der Waals surface area contributed by atoms with Gasteiger partial charge >= 0.3 is 0 Å². The topological polar surface area (TPSA) is 61.3 Å². The van der Waals surface area contributed by atoms with Crippen molar-refractivity contribution < 1.29 is 4.74 Å². The number of methoxy groups -OCH3 is 1. The number of benzene rings is 1. The second-order valence-electron chi connectivity index (χ2n) is 2.79. The van der Waals surface area contributed by atoms with Crippen molar-refractivity contribution in [2.75, 3.05) is 12.8 Å². The maximum absolute atomic E-state index is 5.69. The van der Waals surface area contributed by atoms with E-state index in [0.717, 1.165) is 5.56 Å². The molecule has 0 saturated heterocycles. The summed E-state index contributed by atoms with van der Waals surface area (Å²) in [5.41, 5.74) is 13.0. The monoisotopic (exact) mass is 166 g/mol. The number of hydrogen-bond acceptors (Lipinski definition) is 3. The third kappa shape index (κ3) is 1.68. The van der Waals surface area contributed by atoms with Crippen LogP contribution in [0.1, 0.15) is 18.5 Å². The van der Waals surface area contributed by atoms with E-state index < -0.39 is 0 Å². The Hall–Kier alpha value is -1.22. The maximum Gasteiger partial charge on any atom is 0.142 e. The van der Waals surface area contributed by atoms with Crippen LogP contribution in [0.2, 0.25) is 0 Å². The van der Waals surface area contributed by atoms with Gasteiger partial charge in [-0.2, -0.15) is 0 Å². The molecule has 66 valence electrons. The molecular weight excluding hydrogens is 152 g/mol. The van der Waals surface area contributed by atoms with Crippen LogP contribution in [0.25, 0.3) is 0 Å². The fraction of sp³-hybridized carbons (Fsp3) is 0.333. The molecule has 0 bridgehead atoms. The zero-order valence-corrected chi connectivity index (χ0v) is 7.37. The predicted molar refractivity (Wildman–Crippen MR) is 50.0 cm³/mol. The predicted octanol–water partition coefficient (Wildman–Crippen LogP) is 1.30. The maximum atomic E-state index is 5.69. The number of rotatable bonds is 2. The molecule has 1 atom stereocenters. The van der Waals surface area contributed by atoms with Gasteiger partial charge in [0, 0.05) is 6.04 Å². The molecule has 0 radical (unpaired) electrons.